The van der Waals surface area contributed by atoms with Crippen molar-refractivity contribution in [3.8, 4) is 11.6 Å². The van der Waals surface area contributed by atoms with Gasteiger partial charge in [0.25, 0.3) is 5.91 Å². The quantitative estimate of drug-likeness (QED) is 0.403. The normalized spacial score (nSPS) is 14.1. The van der Waals surface area contributed by atoms with E-state index < -0.39 is 34.8 Å². The number of aromatic nitrogens is 2. The SMILES string of the molecule is Cc1ccccc1C(CC(=O)O)NC(=O)c1cc(OCC(C)(O)C(C)(C)C)n(-c2ccc(F)cc2)n1. The van der Waals surface area contributed by atoms with Crippen LogP contribution in [0.1, 0.15) is 61.8 Å². The number of aryl methyl sites for hydroxylation is 1. The Morgan fingerprint density at radius 3 is 2.33 bits per heavy atom. The fourth-order valence-electron chi connectivity index (χ4n) is 3.40. The molecule has 192 valence electrons. The molecule has 0 saturated carbocycles. The van der Waals surface area contributed by atoms with Gasteiger partial charge in [-0.2, -0.15) is 5.10 Å². The predicted molar refractivity (Wildman–Crippen MR) is 133 cm³/mol. The molecule has 3 aromatic rings. The van der Waals surface area contributed by atoms with Crippen molar-refractivity contribution in [1.29, 1.82) is 0 Å². The number of nitrogens with one attached hydrogen (secondary N) is 1. The third kappa shape index (κ3) is 6.28. The van der Waals surface area contributed by atoms with Crippen LogP contribution in [0.3, 0.4) is 0 Å². The van der Waals surface area contributed by atoms with E-state index in [-0.39, 0.29) is 24.6 Å². The molecule has 0 saturated heterocycles. The number of carboxylic acids is 1. The number of halogens is 1. The molecule has 0 aliphatic heterocycles. The fraction of sp³-hybridized carbons (Fsp3) is 0.370. The van der Waals surface area contributed by atoms with Gasteiger partial charge in [0.2, 0.25) is 5.88 Å². The van der Waals surface area contributed by atoms with Crippen molar-refractivity contribution in [1.82, 2.24) is 15.1 Å². The van der Waals surface area contributed by atoms with Gasteiger partial charge in [0.05, 0.1) is 18.2 Å². The van der Waals surface area contributed by atoms with Crippen LogP contribution in [0.2, 0.25) is 0 Å². The van der Waals surface area contributed by atoms with Crippen molar-refractivity contribution in [2.75, 3.05) is 6.61 Å². The Bertz CT molecular complexity index is 1230. The minimum atomic E-state index is -1.20. The van der Waals surface area contributed by atoms with Crippen molar-refractivity contribution >= 4 is 11.9 Å². The molecule has 1 aromatic heterocycles. The van der Waals surface area contributed by atoms with Crippen molar-refractivity contribution in [3.05, 3.63) is 77.2 Å². The lowest BCUT2D eigenvalue weighted by Gasteiger charge is -2.36. The lowest BCUT2D eigenvalue weighted by atomic mass is 9.78. The Hall–Kier alpha value is -3.72. The van der Waals surface area contributed by atoms with Gasteiger partial charge in [-0.05, 0) is 54.7 Å². The Balaban J connectivity index is 1.95. The van der Waals surface area contributed by atoms with Crippen LogP contribution in [0.4, 0.5) is 4.39 Å². The van der Waals surface area contributed by atoms with Crippen molar-refractivity contribution in [3.63, 3.8) is 0 Å². The van der Waals surface area contributed by atoms with E-state index in [0.717, 1.165) is 5.56 Å². The number of carbonyl (C=O) groups excluding carboxylic acids is 1. The van der Waals surface area contributed by atoms with Crippen LogP contribution >= 0.6 is 0 Å². The average molecular weight is 498 g/mol. The summed E-state index contributed by atoms with van der Waals surface area (Å²) < 4.78 is 20.7. The third-order valence-corrected chi connectivity index (χ3v) is 6.35. The van der Waals surface area contributed by atoms with E-state index >= 15 is 0 Å². The lowest BCUT2D eigenvalue weighted by molar-refractivity contribution is -0.137. The largest absolute Gasteiger partial charge is 0.481 e. The highest BCUT2D eigenvalue weighted by Gasteiger charge is 2.36. The Labute approximate surface area is 209 Å². The molecule has 8 nitrogen and oxygen atoms in total. The molecule has 2 atom stereocenters. The van der Waals surface area contributed by atoms with Crippen LogP contribution in [0.25, 0.3) is 5.69 Å². The van der Waals surface area contributed by atoms with Gasteiger partial charge in [-0.25, -0.2) is 9.07 Å². The summed E-state index contributed by atoms with van der Waals surface area (Å²) in [6, 6.07) is 13.3. The fourth-order valence-corrected chi connectivity index (χ4v) is 3.40. The minimum absolute atomic E-state index is 0.0197. The first-order valence-electron chi connectivity index (χ1n) is 11.6. The Kier molecular flexibility index (Phi) is 7.83. The minimum Gasteiger partial charge on any atom is -0.481 e. The zero-order valence-corrected chi connectivity index (χ0v) is 21.1. The third-order valence-electron chi connectivity index (χ3n) is 6.35. The highest BCUT2D eigenvalue weighted by molar-refractivity contribution is 5.93. The molecule has 2 aromatic carbocycles. The van der Waals surface area contributed by atoms with E-state index in [9.17, 15) is 24.2 Å². The van der Waals surface area contributed by atoms with E-state index in [2.05, 4.69) is 10.4 Å². The maximum absolute atomic E-state index is 13.5. The van der Waals surface area contributed by atoms with Crippen molar-refractivity contribution in [2.45, 2.75) is 52.7 Å². The first-order chi connectivity index (χ1) is 16.8. The molecule has 9 heteroatoms. The van der Waals surface area contributed by atoms with Gasteiger partial charge in [-0.3, -0.25) is 9.59 Å². The molecule has 0 spiro atoms. The average Bonchev–Trinajstić information content (AvgIpc) is 3.21. The number of ether oxygens (including phenoxy) is 1. The van der Waals surface area contributed by atoms with Crippen LogP contribution in [-0.2, 0) is 4.79 Å². The monoisotopic (exact) mass is 497 g/mol. The smallest absolute Gasteiger partial charge is 0.305 e. The van der Waals surface area contributed by atoms with Gasteiger partial charge >= 0.3 is 5.97 Å². The molecule has 0 aliphatic rings. The van der Waals surface area contributed by atoms with Crippen molar-refractivity contribution < 1.29 is 28.9 Å². The van der Waals surface area contributed by atoms with Gasteiger partial charge in [0.15, 0.2) is 5.69 Å². The molecule has 0 bridgehead atoms. The Morgan fingerprint density at radius 1 is 1.11 bits per heavy atom. The van der Waals surface area contributed by atoms with Crippen LogP contribution in [0.5, 0.6) is 5.88 Å². The molecule has 0 aliphatic carbocycles. The van der Waals surface area contributed by atoms with Gasteiger partial charge in [-0.1, -0.05) is 45.0 Å². The molecule has 0 fully saturated rings. The standard InChI is InChI=1S/C27H32FN3O5/c1-17-8-6-7-9-20(17)21(15-24(32)33)29-25(34)22-14-23(36-16-27(5,35)26(2,3)4)31(30-22)19-12-10-18(28)11-13-19/h6-14,21,35H,15-16H2,1-5H3,(H,29,34)(H,32,33). The molecule has 0 radical (unpaired) electrons. The molecule has 3 N–H and O–H groups in total. The van der Waals surface area contributed by atoms with Gasteiger partial charge in [0, 0.05) is 6.07 Å². The van der Waals surface area contributed by atoms with Gasteiger partial charge in [-0.15, -0.1) is 0 Å². The second-order valence-corrected chi connectivity index (χ2v) is 10.0. The molecule has 1 amide bonds. The van der Waals surface area contributed by atoms with Crippen LogP contribution in [-0.4, -0.2) is 44.1 Å². The number of rotatable bonds is 9. The number of amides is 1. The summed E-state index contributed by atoms with van der Waals surface area (Å²) in [4.78, 5) is 24.7. The number of carboxylic acid groups (broad SMARTS) is 1. The number of aliphatic carboxylic acids is 1. The maximum atomic E-state index is 13.5. The number of benzene rings is 2. The summed E-state index contributed by atoms with van der Waals surface area (Å²) in [6.45, 7) is 9.03. The summed E-state index contributed by atoms with van der Waals surface area (Å²) in [5, 5.41) is 27.4. The van der Waals surface area contributed by atoms with Crippen LogP contribution < -0.4 is 10.1 Å². The topological polar surface area (TPSA) is 114 Å². The molecule has 36 heavy (non-hydrogen) atoms. The van der Waals surface area contributed by atoms with Crippen LogP contribution in [0.15, 0.2) is 54.6 Å². The van der Waals surface area contributed by atoms with Crippen molar-refractivity contribution in [2.24, 2.45) is 5.41 Å². The van der Waals surface area contributed by atoms with E-state index in [1.807, 2.05) is 39.8 Å². The molecule has 1 heterocycles. The number of aliphatic hydroxyl groups is 1. The van der Waals surface area contributed by atoms with E-state index in [1.54, 1.807) is 19.1 Å². The first kappa shape index (κ1) is 26.9. The zero-order valence-electron chi connectivity index (χ0n) is 21.1. The second-order valence-electron chi connectivity index (χ2n) is 10.0. The molecular formula is C27H32FN3O5. The zero-order chi connectivity index (χ0) is 26.7. The molecule has 2 unspecified atom stereocenters. The summed E-state index contributed by atoms with van der Waals surface area (Å²) in [7, 11) is 0. The number of hydrogen-bond donors (Lipinski definition) is 3. The van der Waals surface area contributed by atoms with Gasteiger partial charge in [0.1, 0.15) is 18.0 Å². The molecular weight excluding hydrogens is 465 g/mol. The predicted octanol–water partition coefficient (Wildman–Crippen LogP) is 4.44. The second kappa shape index (κ2) is 10.5. The van der Waals surface area contributed by atoms with Gasteiger partial charge < -0.3 is 20.3 Å². The van der Waals surface area contributed by atoms with Crippen LogP contribution in [0, 0.1) is 18.2 Å². The summed E-state index contributed by atoms with van der Waals surface area (Å²) in [5.74, 6) is -1.93. The summed E-state index contributed by atoms with van der Waals surface area (Å²) in [6.07, 6.45) is -0.312. The Morgan fingerprint density at radius 2 is 1.75 bits per heavy atom. The lowest BCUT2D eigenvalue weighted by Crippen LogP contribution is -2.45. The highest BCUT2D eigenvalue weighted by atomic mass is 19.1. The maximum Gasteiger partial charge on any atom is 0.305 e. The van der Waals surface area contributed by atoms with E-state index in [4.69, 9.17) is 4.74 Å². The summed E-state index contributed by atoms with van der Waals surface area (Å²) in [5.41, 5.74) is 0.254. The number of hydrogen-bond acceptors (Lipinski definition) is 5. The number of carbonyl (C=O) groups is 2. The van der Waals surface area contributed by atoms with E-state index in [1.165, 1.54) is 35.0 Å². The molecule has 3 rings (SSSR count). The highest BCUT2D eigenvalue weighted by Crippen LogP contribution is 2.31. The summed E-state index contributed by atoms with van der Waals surface area (Å²) >= 11 is 0. The first-order valence-corrected chi connectivity index (χ1v) is 11.6. The van der Waals surface area contributed by atoms with E-state index in [0.29, 0.717) is 11.3 Å². The number of nitrogens with zero attached hydrogens (tertiary/aromatic N) is 2.